The van der Waals surface area contributed by atoms with Crippen molar-refractivity contribution in [3.05, 3.63) is 102 Å². The van der Waals surface area contributed by atoms with Crippen molar-refractivity contribution in [2.24, 2.45) is 17.8 Å². The third kappa shape index (κ3) is 3.11. The van der Waals surface area contributed by atoms with Gasteiger partial charge in [-0.1, -0.05) is 102 Å². The number of rotatable bonds is 5. The van der Waals surface area contributed by atoms with Crippen LogP contribution in [0.4, 0.5) is 0 Å². The maximum absolute atomic E-state index is 2.53. The molecule has 0 amide bonds. The second kappa shape index (κ2) is 7.70. The van der Waals surface area contributed by atoms with E-state index in [0.29, 0.717) is 0 Å². The number of hydrogen-bond acceptors (Lipinski definition) is 0. The minimum atomic E-state index is -2.19. The predicted molar refractivity (Wildman–Crippen MR) is 132 cm³/mol. The van der Waals surface area contributed by atoms with Gasteiger partial charge < -0.3 is 0 Å². The monoisotopic (exact) mass is 408 g/mol. The van der Waals surface area contributed by atoms with Gasteiger partial charge in [0.05, 0.1) is 0 Å². The lowest BCUT2D eigenvalue weighted by Crippen LogP contribution is -2.69. The summed E-state index contributed by atoms with van der Waals surface area (Å²) in [6, 6.07) is 29.0. The van der Waals surface area contributed by atoms with E-state index in [1.54, 1.807) is 15.6 Å². The fraction of sp³-hybridized carbons (Fsp3) is 0.310. The van der Waals surface area contributed by atoms with Gasteiger partial charge in [0.2, 0.25) is 0 Å². The van der Waals surface area contributed by atoms with Gasteiger partial charge in [0.15, 0.2) is 0 Å². The molecule has 0 radical (unpaired) electrons. The number of allylic oxidation sites excluding steroid dienone is 2. The zero-order valence-electron chi connectivity index (χ0n) is 18.4. The Balaban J connectivity index is 1.81. The Bertz CT molecular complexity index is 982. The largest absolute Gasteiger partial charge is 0.149 e. The number of hydrogen-bond donors (Lipinski definition) is 0. The molecule has 0 saturated heterocycles. The highest BCUT2D eigenvalue weighted by Gasteiger charge is 2.47. The molecule has 1 saturated carbocycles. The van der Waals surface area contributed by atoms with Crippen LogP contribution in [0.5, 0.6) is 0 Å². The molecule has 0 nitrogen and oxygen atoms in total. The first-order valence-electron chi connectivity index (χ1n) is 11.5. The Morgan fingerprint density at radius 2 is 1.10 bits per heavy atom. The van der Waals surface area contributed by atoms with Crippen LogP contribution in [0.2, 0.25) is 6.04 Å². The zero-order valence-corrected chi connectivity index (χ0v) is 19.4. The summed E-state index contributed by atoms with van der Waals surface area (Å²) < 4.78 is 0. The lowest BCUT2D eigenvalue weighted by atomic mass is 9.96. The van der Waals surface area contributed by atoms with Gasteiger partial charge >= 0.3 is 0 Å². The fourth-order valence-corrected chi connectivity index (χ4v) is 12.6. The van der Waals surface area contributed by atoms with Crippen LogP contribution in [0.1, 0.15) is 29.5 Å². The summed E-state index contributed by atoms with van der Waals surface area (Å²) in [5.74, 6) is 2.39. The summed E-state index contributed by atoms with van der Waals surface area (Å²) in [5, 5.41) is 4.83. The second-order valence-corrected chi connectivity index (χ2v) is 13.4. The van der Waals surface area contributed by atoms with E-state index in [1.165, 1.54) is 35.6 Å². The molecule has 0 heterocycles. The van der Waals surface area contributed by atoms with Crippen LogP contribution in [0.25, 0.3) is 0 Å². The molecule has 2 bridgehead atoms. The van der Waals surface area contributed by atoms with Crippen molar-refractivity contribution in [1.29, 1.82) is 0 Å². The average Bonchev–Trinajstić information content (AvgIpc) is 3.37. The molecule has 1 fully saturated rings. The normalized spacial score (nSPS) is 22.6. The first-order chi connectivity index (χ1) is 14.6. The van der Waals surface area contributed by atoms with Gasteiger partial charge in [0.25, 0.3) is 0 Å². The molecule has 1 heteroatoms. The molecule has 5 rings (SSSR count). The van der Waals surface area contributed by atoms with E-state index < -0.39 is 8.07 Å². The van der Waals surface area contributed by atoms with E-state index >= 15 is 0 Å². The van der Waals surface area contributed by atoms with Crippen LogP contribution in [0, 0.1) is 38.5 Å². The SMILES string of the molecule is Cc1ccccc1[Si](CC1CC2C=CC1C2)(c1ccccc1C)c1ccccc1C. The number of aryl methyl sites for hydroxylation is 3. The standard InChI is InChI=1S/C29H32Si/c1-21-10-4-7-13-27(21)30(28-14-8-5-11-22(28)2,29-15-9-6-12-23(29)3)20-26-19-24-16-17-25(26)18-24/h4-17,24-26H,18-20H2,1-3H3. The van der Waals surface area contributed by atoms with Crippen LogP contribution in [-0.4, -0.2) is 8.07 Å². The van der Waals surface area contributed by atoms with Crippen LogP contribution >= 0.6 is 0 Å². The van der Waals surface area contributed by atoms with Crippen LogP contribution < -0.4 is 15.6 Å². The molecular weight excluding hydrogens is 376 g/mol. The summed E-state index contributed by atoms with van der Waals surface area (Å²) in [6.45, 7) is 6.98. The van der Waals surface area contributed by atoms with Crippen LogP contribution in [-0.2, 0) is 0 Å². The van der Waals surface area contributed by atoms with Crippen molar-refractivity contribution in [3.63, 3.8) is 0 Å². The smallest absolute Gasteiger partial charge is 0.0851 e. The molecular formula is C29H32Si. The predicted octanol–water partition coefficient (Wildman–Crippen LogP) is 5.29. The minimum absolute atomic E-state index is 0.777. The zero-order chi connectivity index (χ0) is 20.7. The van der Waals surface area contributed by atoms with Gasteiger partial charge in [-0.3, -0.25) is 0 Å². The molecule has 3 aromatic rings. The first-order valence-corrected chi connectivity index (χ1v) is 13.7. The average molecular weight is 409 g/mol. The van der Waals surface area contributed by atoms with E-state index in [9.17, 15) is 0 Å². The molecule has 3 aromatic carbocycles. The molecule has 30 heavy (non-hydrogen) atoms. The molecule has 2 aliphatic carbocycles. The Morgan fingerprint density at radius 3 is 1.47 bits per heavy atom. The molecule has 3 atom stereocenters. The summed E-state index contributed by atoms with van der Waals surface area (Å²) >= 11 is 0. The molecule has 0 N–H and O–H groups in total. The number of benzene rings is 3. The molecule has 2 aliphatic rings. The van der Waals surface area contributed by atoms with Gasteiger partial charge in [0.1, 0.15) is 8.07 Å². The van der Waals surface area contributed by atoms with Gasteiger partial charge in [-0.15, -0.1) is 0 Å². The minimum Gasteiger partial charge on any atom is -0.0851 e. The van der Waals surface area contributed by atoms with Crippen molar-refractivity contribution >= 4 is 23.6 Å². The second-order valence-electron chi connectivity index (χ2n) is 9.59. The van der Waals surface area contributed by atoms with Crippen LogP contribution in [0.15, 0.2) is 84.9 Å². The van der Waals surface area contributed by atoms with Gasteiger partial charge in [-0.25, -0.2) is 0 Å². The molecule has 0 spiro atoms. The number of fused-ring (bicyclic) bond motifs is 2. The Hall–Kier alpha value is -2.38. The third-order valence-corrected chi connectivity index (χ3v) is 13.4. The van der Waals surface area contributed by atoms with E-state index in [0.717, 1.165) is 17.8 Å². The van der Waals surface area contributed by atoms with Gasteiger partial charge in [0, 0.05) is 0 Å². The molecule has 0 aliphatic heterocycles. The highest BCUT2D eigenvalue weighted by Crippen LogP contribution is 2.46. The van der Waals surface area contributed by atoms with Crippen molar-refractivity contribution in [2.45, 2.75) is 39.7 Å². The summed E-state index contributed by atoms with van der Waals surface area (Å²) in [4.78, 5) is 0. The van der Waals surface area contributed by atoms with Crippen LogP contribution in [0.3, 0.4) is 0 Å². The Labute approximate surface area is 182 Å². The fourth-order valence-electron chi connectivity index (χ4n) is 6.44. The Morgan fingerprint density at radius 1 is 0.633 bits per heavy atom. The lowest BCUT2D eigenvalue weighted by molar-refractivity contribution is 0.489. The summed E-state index contributed by atoms with van der Waals surface area (Å²) in [6.07, 6.45) is 7.77. The maximum atomic E-state index is 2.53. The van der Waals surface area contributed by atoms with Crippen molar-refractivity contribution in [3.8, 4) is 0 Å². The van der Waals surface area contributed by atoms with E-state index in [4.69, 9.17) is 0 Å². The third-order valence-electron chi connectivity index (χ3n) is 7.80. The summed E-state index contributed by atoms with van der Waals surface area (Å²) in [5.41, 5.74) is 4.36. The summed E-state index contributed by atoms with van der Waals surface area (Å²) in [7, 11) is -2.19. The lowest BCUT2D eigenvalue weighted by Gasteiger charge is -2.40. The van der Waals surface area contributed by atoms with Gasteiger partial charge in [-0.2, -0.15) is 0 Å². The topological polar surface area (TPSA) is 0 Å². The van der Waals surface area contributed by atoms with Gasteiger partial charge in [-0.05, 0) is 73.0 Å². The highest BCUT2D eigenvalue weighted by molar-refractivity contribution is 7.12. The van der Waals surface area contributed by atoms with E-state index in [-0.39, 0.29) is 0 Å². The van der Waals surface area contributed by atoms with E-state index in [1.807, 2.05) is 0 Å². The highest BCUT2D eigenvalue weighted by atomic mass is 28.3. The maximum Gasteiger partial charge on any atom is 0.149 e. The van der Waals surface area contributed by atoms with Crippen molar-refractivity contribution in [1.82, 2.24) is 0 Å². The molecule has 0 aromatic heterocycles. The van der Waals surface area contributed by atoms with E-state index in [2.05, 4.69) is 106 Å². The molecule has 3 unspecified atom stereocenters. The molecule has 152 valence electrons. The Kier molecular flexibility index (Phi) is 5.03. The van der Waals surface area contributed by atoms with Crippen molar-refractivity contribution in [2.75, 3.05) is 0 Å². The quantitative estimate of drug-likeness (QED) is 0.305. The first kappa shape index (κ1) is 19.6. The van der Waals surface area contributed by atoms with Crippen molar-refractivity contribution < 1.29 is 0 Å².